The Morgan fingerprint density at radius 1 is 1.30 bits per heavy atom. The van der Waals surface area contributed by atoms with Crippen LogP contribution in [0.5, 0.6) is 0 Å². The van der Waals surface area contributed by atoms with Gasteiger partial charge in [-0.05, 0) is 13.0 Å². The zero-order valence-electron chi connectivity index (χ0n) is 6.12. The summed E-state index contributed by atoms with van der Waals surface area (Å²) >= 11 is 0. The van der Waals surface area contributed by atoms with Crippen molar-refractivity contribution < 1.29 is 17.1 Å². The van der Waals surface area contributed by atoms with Crippen LogP contribution in [0.3, 0.4) is 0 Å². The van der Waals surface area contributed by atoms with Gasteiger partial charge in [0.15, 0.2) is 0 Å². The summed E-state index contributed by atoms with van der Waals surface area (Å²) in [5.74, 6) is 0. The molecule has 1 heterocycles. The van der Waals surface area contributed by atoms with Gasteiger partial charge in [-0.25, -0.2) is 12.7 Å². The molecule has 0 aromatic carbocycles. The van der Waals surface area contributed by atoms with E-state index in [1.165, 1.54) is 31.7 Å². The van der Waals surface area contributed by atoms with Crippen molar-refractivity contribution in [2.75, 3.05) is 6.54 Å². The van der Waals surface area contributed by atoms with Crippen LogP contribution >= 0.6 is 0 Å². The molecule has 1 fully saturated rings. The number of rotatable bonds is 1. The van der Waals surface area contributed by atoms with Crippen molar-refractivity contribution in [2.45, 2.75) is 25.7 Å². The molecule has 0 unspecified atom stereocenters. The minimum Gasteiger partial charge on any atom is -0.370 e. The molecule has 0 atom stereocenters. The van der Waals surface area contributed by atoms with Gasteiger partial charge in [0.05, 0.1) is 0 Å². The summed E-state index contributed by atoms with van der Waals surface area (Å²) in [5.41, 5.74) is 0. The van der Waals surface area contributed by atoms with Gasteiger partial charge in [-0.1, -0.05) is 19.3 Å². The molecule has 0 aromatic heterocycles. The molecule has 1 nitrogen and oxygen atoms in total. The van der Waals surface area contributed by atoms with E-state index in [2.05, 4.69) is 11.9 Å². The fourth-order valence-electron chi connectivity index (χ4n) is 1.13. The molecular formula is C8H14CuN. The van der Waals surface area contributed by atoms with E-state index in [1.807, 2.05) is 6.08 Å². The SMILES string of the molecule is C=C[C-]1CCCCCN1.[Cu+]. The Morgan fingerprint density at radius 2 is 2.10 bits per heavy atom. The molecular weight excluding hydrogens is 174 g/mol. The summed E-state index contributed by atoms with van der Waals surface area (Å²) in [6.07, 6.45) is 7.14. The summed E-state index contributed by atoms with van der Waals surface area (Å²) in [5, 5.41) is 3.33. The van der Waals surface area contributed by atoms with Crippen LogP contribution in [0.25, 0.3) is 0 Å². The third-order valence-corrected chi connectivity index (χ3v) is 1.72. The minimum atomic E-state index is 0. The number of hydrogen-bond acceptors (Lipinski definition) is 1. The van der Waals surface area contributed by atoms with Gasteiger partial charge in [-0.2, -0.15) is 6.04 Å². The Hall–Kier alpha value is 0.0895. The Bertz CT molecular complexity index is 85.3. The van der Waals surface area contributed by atoms with Gasteiger partial charge in [-0.15, -0.1) is 0 Å². The van der Waals surface area contributed by atoms with Crippen LogP contribution in [0.15, 0.2) is 12.7 Å². The molecule has 10 heavy (non-hydrogen) atoms. The summed E-state index contributed by atoms with van der Waals surface area (Å²) < 4.78 is 0. The molecule has 0 amide bonds. The molecule has 2 heteroatoms. The number of hydrogen-bond donors (Lipinski definition) is 1. The average Bonchev–Trinajstić information content (AvgIpc) is 2.13. The Labute approximate surface area is 73.7 Å². The monoisotopic (exact) mass is 187 g/mol. The normalized spacial score (nSPS) is 19.0. The maximum atomic E-state index is 3.73. The van der Waals surface area contributed by atoms with E-state index in [-0.39, 0.29) is 17.1 Å². The standard InChI is InChI=1S/C8H14N.Cu/c1-2-8-6-4-3-5-7-9-8;/h2,9H,1,3-7H2;/q-1;+1. The van der Waals surface area contributed by atoms with E-state index >= 15 is 0 Å². The minimum absolute atomic E-state index is 0. The zero-order chi connectivity index (χ0) is 6.53. The fraction of sp³-hybridized carbons (Fsp3) is 0.625. The molecule has 1 rings (SSSR count). The summed E-state index contributed by atoms with van der Waals surface area (Å²) in [6, 6.07) is 1.33. The summed E-state index contributed by atoms with van der Waals surface area (Å²) in [4.78, 5) is 0. The van der Waals surface area contributed by atoms with Crippen LogP contribution in [-0.2, 0) is 17.1 Å². The van der Waals surface area contributed by atoms with Gasteiger partial charge in [0, 0.05) is 0 Å². The maximum Gasteiger partial charge on any atom is 1.00 e. The van der Waals surface area contributed by atoms with Crippen LogP contribution < -0.4 is 5.32 Å². The predicted octanol–water partition coefficient (Wildman–Crippen LogP) is 1.87. The Morgan fingerprint density at radius 3 is 2.80 bits per heavy atom. The topological polar surface area (TPSA) is 12.0 Å². The van der Waals surface area contributed by atoms with Crippen molar-refractivity contribution in [2.24, 2.45) is 0 Å². The first-order chi connectivity index (χ1) is 4.43. The summed E-state index contributed by atoms with van der Waals surface area (Å²) in [6.45, 7) is 4.87. The molecule has 0 saturated carbocycles. The molecule has 0 aromatic rings. The first-order valence-electron chi connectivity index (χ1n) is 3.65. The van der Waals surface area contributed by atoms with E-state index in [1.54, 1.807) is 0 Å². The van der Waals surface area contributed by atoms with E-state index < -0.39 is 0 Å². The van der Waals surface area contributed by atoms with Gasteiger partial charge in [0.1, 0.15) is 0 Å². The van der Waals surface area contributed by atoms with Gasteiger partial charge in [-0.3, -0.25) is 0 Å². The molecule has 1 aliphatic rings. The van der Waals surface area contributed by atoms with Crippen molar-refractivity contribution in [3.63, 3.8) is 0 Å². The van der Waals surface area contributed by atoms with E-state index in [4.69, 9.17) is 0 Å². The summed E-state index contributed by atoms with van der Waals surface area (Å²) in [7, 11) is 0. The van der Waals surface area contributed by atoms with Crippen molar-refractivity contribution in [1.82, 2.24) is 5.32 Å². The Balaban J connectivity index is 0.000000810. The third-order valence-electron chi connectivity index (χ3n) is 1.72. The molecule has 0 aliphatic carbocycles. The largest absolute Gasteiger partial charge is 1.00 e. The van der Waals surface area contributed by atoms with Crippen LogP contribution in [0.1, 0.15) is 25.7 Å². The van der Waals surface area contributed by atoms with Crippen molar-refractivity contribution in [3.8, 4) is 0 Å². The fourth-order valence-corrected chi connectivity index (χ4v) is 1.13. The molecule has 1 N–H and O–H groups in total. The second-order valence-corrected chi connectivity index (χ2v) is 2.47. The van der Waals surface area contributed by atoms with Crippen LogP contribution in [0.4, 0.5) is 0 Å². The van der Waals surface area contributed by atoms with Gasteiger partial charge in [0.25, 0.3) is 0 Å². The van der Waals surface area contributed by atoms with E-state index in [0.717, 1.165) is 6.54 Å². The second kappa shape index (κ2) is 5.84. The van der Waals surface area contributed by atoms with E-state index in [9.17, 15) is 0 Å². The molecule has 62 valence electrons. The van der Waals surface area contributed by atoms with Crippen molar-refractivity contribution in [3.05, 3.63) is 18.7 Å². The van der Waals surface area contributed by atoms with E-state index in [0.29, 0.717) is 0 Å². The maximum absolute atomic E-state index is 3.73. The third kappa shape index (κ3) is 3.31. The first kappa shape index (κ1) is 10.1. The van der Waals surface area contributed by atoms with Crippen LogP contribution in [0.2, 0.25) is 0 Å². The van der Waals surface area contributed by atoms with Crippen molar-refractivity contribution >= 4 is 0 Å². The molecule has 0 spiro atoms. The molecule has 1 aliphatic heterocycles. The quantitative estimate of drug-likeness (QED) is 0.488. The number of nitrogens with one attached hydrogen (secondary N) is 1. The molecule has 0 bridgehead atoms. The second-order valence-electron chi connectivity index (χ2n) is 2.47. The average molecular weight is 188 g/mol. The van der Waals surface area contributed by atoms with Gasteiger partial charge >= 0.3 is 17.1 Å². The van der Waals surface area contributed by atoms with Gasteiger partial charge in [0.2, 0.25) is 0 Å². The van der Waals surface area contributed by atoms with Crippen LogP contribution in [-0.4, -0.2) is 6.54 Å². The van der Waals surface area contributed by atoms with Crippen molar-refractivity contribution in [1.29, 1.82) is 0 Å². The van der Waals surface area contributed by atoms with Gasteiger partial charge < -0.3 is 5.32 Å². The zero-order valence-corrected chi connectivity index (χ0v) is 7.06. The first-order valence-corrected chi connectivity index (χ1v) is 3.65. The predicted molar refractivity (Wildman–Crippen MR) is 39.9 cm³/mol. The molecule has 0 radical (unpaired) electrons. The smallest absolute Gasteiger partial charge is 0.370 e. The van der Waals surface area contributed by atoms with Crippen LogP contribution in [0, 0.1) is 6.04 Å². The Kier molecular flexibility index (Phi) is 5.90. The molecule has 1 saturated heterocycles.